The van der Waals surface area contributed by atoms with Crippen molar-refractivity contribution in [3.05, 3.63) is 28.8 Å². The Hall–Kier alpha value is -1.39. The number of hydrogen-bond donors (Lipinski definition) is 2. The zero-order chi connectivity index (χ0) is 15.9. The maximum atomic E-state index is 12.5. The first-order valence-electron chi connectivity index (χ1n) is 8.22. The van der Waals surface area contributed by atoms with Crippen LogP contribution in [0.15, 0.2) is 12.1 Å². The second-order valence-electron chi connectivity index (χ2n) is 7.10. The largest absolute Gasteiger partial charge is 0.508 e. The van der Waals surface area contributed by atoms with Gasteiger partial charge in [-0.2, -0.15) is 0 Å². The van der Waals surface area contributed by atoms with Gasteiger partial charge in [-0.15, -0.1) is 0 Å². The molecule has 0 amide bonds. The first-order valence-corrected chi connectivity index (χ1v) is 8.22. The maximum absolute atomic E-state index is 12.5. The molecule has 120 valence electrons. The lowest BCUT2D eigenvalue weighted by atomic mass is 9.79. The number of aliphatic hydroxyl groups is 1. The van der Waals surface area contributed by atoms with Crippen molar-refractivity contribution in [1.29, 1.82) is 0 Å². The summed E-state index contributed by atoms with van der Waals surface area (Å²) in [4.78, 5) is 14.9. The van der Waals surface area contributed by atoms with Crippen molar-refractivity contribution in [3.63, 3.8) is 0 Å². The van der Waals surface area contributed by atoms with Gasteiger partial charge in [-0.1, -0.05) is 13.8 Å². The van der Waals surface area contributed by atoms with Crippen molar-refractivity contribution in [2.24, 2.45) is 11.8 Å². The first kappa shape index (κ1) is 15.5. The minimum atomic E-state index is -0.171. The molecule has 1 saturated heterocycles. The Labute approximate surface area is 131 Å². The van der Waals surface area contributed by atoms with E-state index in [4.69, 9.17) is 0 Å². The summed E-state index contributed by atoms with van der Waals surface area (Å²) in [5.41, 5.74) is 2.79. The van der Waals surface area contributed by atoms with Crippen LogP contribution in [0.4, 0.5) is 0 Å². The zero-order valence-corrected chi connectivity index (χ0v) is 13.4. The molecule has 1 aromatic rings. The van der Waals surface area contributed by atoms with E-state index in [0.717, 1.165) is 37.1 Å². The molecule has 22 heavy (non-hydrogen) atoms. The Morgan fingerprint density at radius 3 is 2.82 bits per heavy atom. The van der Waals surface area contributed by atoms with Crippen LogP contribution in [0.5, 0.6) is 5.75 Å². The maximum Gasteiger partial charge on any atom is 0.139 e. The minimum Gasteiger partial charge on any atom is -0.508 e. The Bertz CT molecular complexity index is 582. The molecule has 0 saturated carbocycles. The molecule has 0 radical (unpaired) electrons. The molecule has 2 aliphatic rings. The summed E-state index contributed by atoms with van der Waals surface area (Å²) in [5, 5.41) is 19.3. The number of phenols is 1. The second kappa shape index (κ2) is 6.01. The van der Waals surface area contributed by atoms with Crippen LogP contribution >= 0.6 is 0 Å². The van der Waals surface area contributed by atoms with Crippen LogP contribution in [0.3, 0.4) is 0 Å². The fourth-order valence-corrected chi connectivity index (χ4v) is 3.94. The van der Waals surface area contributed by atoms with Crippen molar-refractivity contribution in [2.45, 2.75) is 45.8 Å². The van der Waals surface area contributed by atoms with Gasteiger partial charge in [-0.3, -0.25) is 9.69 Å². The van der Waals surface area contributed by atoms with Gasteiger partial charge in [0, 0.05) is 37.0 Å². The molecule has 0 aromatic heterocycles. The summed E-state index contributed by atoms with van der Waals surface area (Å²) in [7, 11) is 0. The number of benzene rings is 1. The van der Waals surface area contributed by atoms with E-state index in [1.54, 1.807) is 6.07 Å². The Kier molecular flexibility index (Phi) is 4.24. The topological polar surface area (TPSA) is 60.8 Å². The molecule has 2 aliphatic heterocycles. The molecular weight excluding hydrogens is 278 g/mol. The van der Waals surface area contributed by atoms with Crippen LogP contribution < -0.4 is 0 Å². The van der Waals surface area contributed by atoms with E-state index in [9.17, 15) is 15.0 Å². The van der Waals surface area contributed by atoms with Gasteiger partial charge < -0.3 is 10.2 Å². The zero-order valence-electron chi connectivity index (χ0n) is 13.4. The van der Waals surface area contributed by atoms with Crippen molar-refractivity contribution in [1.82, 2.24) is 4.90 Å². The van der Waals surface area contributed by atoms with E-state index < -0.39 is 0 Å². The SMILES string of the molecule is CC(C)C[C@H]1CN2CCc3cc(O)c(CO)cc3C2CC1=O. The molecular formula is C18H25NO3. The molecule has 0 spiro atoms. The molecule has 1 unspecified atom stereocenters. The number of carbonyl (C=O) groups excluding carboxylic acids is 1. The van der Waals surface area contributed by atoms with Crippen LogP contribution in [0, 0.1) is 11.8 Å². The third-order valence-corrected chi connectivity index (χ3v) is 5.04. The number of hydrogen-bond acceptors (Lipinski definition) is 4. The number of fused-ring (bicyclic) bond motifs is 3. The van der Waals surface area contributed by atoms with Crippen molar-refractivity contribution >= 4 is 5.78 Å². The van der Waals surface area contributed by atoms with Gasteiger partial charge in [0.2, 0.25) is 0 Å². The van der Waals surface area contributed by atoms with Gasteiger partial charge in [-0.25, -0.2) is 0 Å². The van der Waals surface area contributed by atoms with E-state index in [2.05, 4.69) is 18.7 Å². The quantitative estimate of drug-likeness (QED) is 0.900. The van der Waals surface area contributed by atoms with Gasteiger partial charge in [0.25, 0.3) is 0 Å². The Balaban J connectivity index is 1.88. The Morgan fingerprint density at radius 1 is 1.36 bits per heavy atom. The third kappa shape index (κ3) is 2.77. The minimum absolute atomic E-state index is 0.116. The highest BCUT2D eigenvalue weighted by molar-refractivity contribution is 5.83. The molecule has 3 rings (SSSR count). The van der Waals surface area contributed by atoms with Gasteiger partial charge >= 0.3 is 0 Å². The Morgan fingerprint density at radius 2 is 2.14 bits per heavy atom. The highest BCUT2D eigenvalue weighted by Crippen LogP contribution is 2.40. The lowest BCUT2D eigenvalue weighted by molar-refractivity contribution is -0.129. The molecule has 2 atom stereocenters. The fourth-order valence-electron chi connectivity index (χ4n) is 3.94. The van der Waals surface area contributed by atoms with Gasteiger partial charge in [0.1, 0.15) is 11.5 Å². The fraction of sp³-hybridized carbons (Fsp3) is 0.611. The number of piperidine rings is 1. The summed E-state index contributed by atoms with van der Waals surface area (Å²) in [6.07, 6.45) is 2.42. The number of carbonyl (C=O) groups is 1. The average molecular weight is 303 g/mol. The van der Waals surface area contributed by atoms with E-state index in [-0.39, 0.29) is 24.3 Å². The number of ketones is 1. The van der Waals surface area contributed by atoms with Crippen molar-refractivity contribution < 1.29 is 15.0 Å². The number of rotatable bonds is 3. The predicted octanol–water partition coefficient (Wildman–Crippen LogP) is 2.42. The standard InChI is InChI=1S/C18H25NO3/c1-11(2)5-13-9-19-4-3-12-7-17(21)14(10-20)6-15(12)16(19)8-18(13)22/h6-7,11,13,16,20-21H,3-5,8-10H2,1-2H3/t13-,16?/m0/s1. The number of Topliss-reactive ketones (excluding diaryl/α,β-unsaturated/α-hetero) is 1. The number of aromatic hydroxyl groups is 1. The van der Waals surface area contributed by atoms with Gasteiger partial charge in [-0.05, 0) is 42.0 Å². The lowest BCUT2D eigenvalue weighted by Crippen LogP contribution is -2.46. The summed E-state index contributed by atoms with van der Waals surface area (Å²) in [6.45, 7) is 5.95. The van der Waals surface area contributed by atoms with Crippen molar-refractivity contribution in [2.75, 3.05) is 13.1 Å². The summed E-state index contributed by atoms with van der Waals surface area (Å²) in [5.74, 6) is 1.23. The average Bonchev–Trinajstić information content (AvgIpc) is 2.47. The molecule has 4 heteroatoms. The van der Waals surface area contributed by atoms with Crippen molar-refractivity contribution in [3.8, 4) is 5.75 Å². The van der Waals surface area contributed by atoms with Crippen LogP contribution in [0.2, 0.25) is 0 Å². The van der Waals surface area contributed by atoms with Crippen LogP contribution in [0.1, 0.15) is 49.4 Å². The van der Waals surface area contributed by atoms with Crippen LogP contribution in [-0.2, 0) is 17.8 Å². The van der Waals surface area contributed by atoms with Gasteiger partial charge in [0.15, 0.2) is 0 Å². The molecule has 1 fully saturated rings. The highest BCUT2D eigenvalue weighted by atomic mass is 16.3. The first-order chi connectivity index (χ1) is 10.5. The number of nitrogens with zero attached hydrogens (tertiary/aromatic N) is 1. The number of aliphatic hydroxyl groups excluding tert-OH is 1. The molecule has 1 aromatic carbocycles. The second-order valence-corrected chi connectivity index (χ2v) is 7.10. The predicted molar refractivity (Wildman–Crippen MR) is 84.6 cm³/mol. The molecule has 0 bridgehead atoms. The molecule has 2 N–H and O–H groups in total. The highest BCUT2D eigenvalue weighted by Gasteiger charge is 2.38. The summed E-state index contributed by atoms with van der Waals surface area (Å²) >= 11 is 0. The molecule has 4 nitrogen and oxygen atoms in total. The smallest absolute Gasteiger partial charge is 0.139 e. The molecule has 2 heterocycles. The van der Waals surface area contributed by atoms with E-state index >= 15 is 0 Å². The van der Waals surface area contributed by atoms with Gasteiger partial charge in [0.05, 0.1) is 6.61 Å². The van der Waals surface area contributed by atoms with Crippen LogP contribution in [-0.4, -0.2) is 34.0 Å². The third-order valence-electron chi connectivity index (χ3n) is 5.04. The van der Waals surface area contributed by atoms with E-state index in [0.29, 0.717) is 23.7 Å². The van der Waals surface area contributed by atoms with E-state index in [1.165, 1.54) is 0 Å². The van der Waals surface area contributed by atoms with Crippen LogP contribution in [0.25, 0.3) is 0 Å². The summed E-state index contributed by atoms with van der Waals surface area (Å²) in [6, 6.07) is 3.77. The van der Waals surface area contributed by atoms with E-state index in [1.807, 2.05) is 6.07 Å². The molecule has 0 aliphatic carbocycles. The lowest BCUT2D eigenvalue weighted by Gasteiger charge is -2.43. The normalized spacial score (nSPS) is 25.2. The summed E-state index contributed by atoms with van der Waals surface area (Å²) < 4.78 is 0. The monoisotopic (exact) mass is 303 g/mol.